The maximum atomic E-state index is 9.74. The summed E-state index contributed by atoms with van der Waals surface area (Å²) in [6.07, 6.45) is 4.64. The number of hydrogen-bond donors (Lipinski definition) is 1. The lowest BCUT2D eigenvalue weighted by molar-refractivity contribution is 0.0750. The molecular weight excluding hydrogens is 320 g/mol. The summed E-state index contributed by atoms with van der Waals surface area (Å²) in [6, 6.07) is 4.37. The van der Waals surface area contributed by atoms with Crippen LogP contribution in [0.5, 0.6) is 5.75 Å². The maximum absolute atomic E-state index is 9.74. The Hall–Kier alpha value is -1.07. The fourth-order valence-electron chi connectivity index (χ4n) is 3.11. The first-order chi connectivity index (χ1) is 9.58. The van der Waals surface area contributed by atoms with Crippen molar-refractivity contribution in [2.45, 2.75) is 38.3 Å². The molecule has 1 fully saturated rings. The zero-order valence-electron chi connectivity index (χ0n) is 11.7. The number of aromatic nitrogens is 2. The molecule has 1 aromatic heterocycles. The number of fused-ring (bicyclic) bond motifs is 1. The van der Waals surface area contributed by atoms with Crippen molar-refractivity contribution in [2.75, 3.05) is 7.11 Å². The van der Waals surface area contributed by atoms with Crippen LogP contribution in [0, 0.1) is 5.92 Å². The monoisotopic (exact) mass is 338 g/mol. The highest BCUT2D eigenvalue weighted by molar-refractivity contribution is 9.10. The molecule has 0 radical (unpaired) electrons. The van der Waals surface area contributed by atoms with Crippen LogP contribution in [0.2, 0.25) is 0 Å². The van der Waals surface area contributed by atoms with Crippen molar-refractivity contribution in [1.82, 2.24) is 9.78 Å². The van der Waals surface area contributed by atoms with Gasteiger partial charge >= 0.3 is 0 Å². The maximum Gasteiger partial charge on any atom is 0.135 e. The molecule has 0 saturated heterocycles. The van der Waals surface area contributed by atoms with Gasteiger partial charge in [0.1, 0.15) is 5.75 Å². The first-order valence-electron chi connectivity index (χ1n) is 6.99. The van der Waals surface area contributed by atoms with E-state index in [-0.39, 0.29) is 6.10 Å². The normalized spacial score (nSPS) is 26.9. The van der Waals surface area contributed by atoms with E-state index in [2.05, 4.69) is 33.7 Å². The SMILES string of the molecule is COc1cc2nn([C@@H]3CCC(O)C[C@H]3C)cc2cc1Br. The lowest BCUT2D eigenvalue weighted by atomic mass is 9.84. The minimum atomic E-state index is -0.152. The molecule has 0 bridgehead atoms. The molecule has 20 heavy (non-hydrogen) atoms. The van der Waals surface area contributed by atoms with E-state index in [0.29, 0.717) is 12.0 Å². The summed E-state index contributed by atoms with van der Waals surface area (Å²) in [7, 11) is 1.66. The van der Waals surface area contributed by atoms with Gasteiger partial charge in [-0.15, -0.1) is 0 Å². The second-order valence-corrected chi connectivity index (χ2v) is 6.52. The van der Waals surface area contributed by atoms with Gasteiger partial charge < -0.3 is 9.84 Å². The second kappa shape index (κ2) is 5.37. The van der Waals surface area contributed by atoms with E-state index in [1.54, 1.807) is 7.11 Å². The topological polar surface area (TPSA) is 47.3 Å². The van der Waals surface area contributed by atoms with E-state index >= 15 is 0 Å². The van der Waals surface area contributed by atoms with Crippen LogP contribution in [0.1, 0.15) is 32.2 Å². The summed E-state index contributed by atoms with van der Waals surface area (Å²) in [6.45, 7) is 2.19. The molecule has 1 N–H and O–H groups in total. The number of methoxy groups -OCH3 is 1. The van der Waals surface area contributed by atoms with Crippen molar-refractivity contribution in [3.63, 3.8) is 0 Å². The average Bonchev–Trinajstić information content (AvgIpc) is 2.79. The van der Waals surface area contributed by atoms with Gasteiger partial charge in [-0.3, -0.25) is 4.68 Å². The van der Waals surface area contributed by atoms with Gasteiger partial charge in [0.2, 0.25) is 0 Å². The minimum Gasteiger partial charge on any atom is -0.495 e. The Balaban J connectivity index is 1.96. The van der Waals surface area contributed by atoms with Crippen molar-refractivity contribution in [2.24, 2.45) is 5.92 Å². The Labute approximate surface area is 126 Å². The van der Waals surface area contributed by atoms with Gasteiger partial charge in [-0.1, -0.05) is 6.92 Å². The molecule has 1 aliphatic carbocycles. The average molecular weight is 339 g/mol. The van der Waals surface area contributed by atoms with Crippen molar-refractivity contribution < 1.29 is 9.84 Å². The van der Waals surface area contributed by atoms with Crippen LogP contribution in [-0.2, 0) is 0 Å². The quantitative estimate of drug-likeness (QED) is 0.911. The first-order valence-corrected chi connectivity index (χ1v) is 7.78. The second-order valence-electron chi connectivity index (χ2n) is 5.67. The fourth-order valence-corrected chi connectivity index (χ4v) is 3.64. The van der Waals surface area contributed by atoms with Crippen molar-refractivity contribution in [3.8, 4) is 5.75 Å². The molecule has 0 spiro atoms. The molecule has 108 valence electrons. The van der Waals surface area contributed by atoms with Gasteiger partial charge in [-0.2, -0.15) is 5.10 Å². The van der Waals surface area contributed by atoms with Gasteiger partial charge in [0.15, 0.2) is 0 Å². The van der Waals surface area contributed by atoms with E-state index in [0.717, 1.165) is 40.4 Å². The molecule has 3 atom stereocenters. The highest BCUT2D eigenvalue weighted by Crippen LogP contribution is 2.35. The Morgan fingerprint density at radius 2 is 2.20 bits per heavy atom. The molecule has 1 heterocycles. The van der Waals surface area contributed by atoms with Gasteiger partial charge in [-0.05, 0) is 47.2 Å². The lowest BCUT2D eigenvalue weighted by Crippen LogP contribution is -2.28. The standard InChI is InChI=1S/C15H19BrN2O2/c1-9-5-11(19)3-4-14(9)18-8-10-6-12(16)15(20-2)7-13(10)17-18/h6-9,11,14,19H,3-5H2,1-2H3/t9-,11?,14-/m1/s1. The molecule has 0 aliphatic heterocycles. The highest BCUT2D eigenvalue weighted by atomic mass is 79.9. The molecule has 1 saturated carbocycles. The van der Waals surface area contributed by atoms with E-state index in [9.17, 15) is 5.11 Å². The lowest BCUT2D eigenvalue weighted by Gasteiger charge is -2.31. The van der Waals surface area contributed by atoms with Crippen LogP contribution in [-0.4, -0.2) is 28.1 Å². The number of benzene rings is 1. The Bertz CT molecular complexity index is 626. The third-order valence-electron chi connectivity index (χ3n) is 4.23. The summed E-state index contributed by atoms with van der Waals surface area (Å²) in [4.78, 5) is 0. The summed E-state index contributed by atoms with van der Waals surface area (Å²) >= 11 is 3.51. The molecule has 2 aromatic rings. The summed E-state index contributed by atoms with van der Waals surface area (Å²) in [5.41, 5.74) is 0.948. The highest BCUT2D eigenvalue weighted by Gasteiger charge is 2.28. The summed E-state index contributed by atoms with van der Waals surface area (Å²) < 4.78 is 8.32. The predicted molar refractivity (Wildman–Crippen MR) is 82.0 cm³/mol. The van der Waals surface area contributed by atoms with Gasteiger partial charge in [0.05, 0.1) is 29.2 Å². The van der Waals surface area contributed by atoms with Crippen LogP contribution < -0.4 is 4.74 Å². The molecule has 3 rings (SSSR count). The Morgan fingerprint density at radius 3 is 2.90 bits per heavy atom. The number of aliphatic hydroxyl groups excluding tert-OH is 1. The van der Waals surface area contributed by atoms with Crippen LogP contribution in [0.3, 0.4) is 0 Å². The number of hydrogen-bond acceptors (Lipinski definition) is 3. The Kier molecular flexibility index (Phi) is 3.73. The number of rotatable bonds is 2. The number of halogens is 1. The largest absolute Gasteiger partial charge is 0.495 e. The van der Waals surface area contributed by atoms with Crippen molar-refractivity contribution in [1.29, 1.82) is 0 Å². The van der Waals surface area contributed by atoms with Crippen molar-refractivity contribution >= 4 is 26.8 Å². The molecule has 1 aromatic carbocycles. The first kappa shape index (κ1) is 13.9. The van der Waals surface area contributed by atoms with E-state index in [1.807, 2.05) is 12.1 Å². The third kappa shape index (κ3) is 2.44. The zero-order valence-corrected chi connectivity index (χ0v) is 13.3. The third-order valence-corrected chi connectivity index (χ3v) is 4.85. The van der Waals surface area contributed by atoms with Gasteiger partial charge in [-0.25, -0.2) is 0 Å². The van der Waals surface area contributed by atoms with Crippen LogP contribution >= 0.6 is 15.9 Å². The molecule has 5 heteroatoms. The zero-order chi connectivity index (χ0) is 14.3. The summed E-state index contributed by atoms with van der Waals surface area (Å²) in [5.74, 6) is 1.24. The number of ether oxygens (including phenoxy) is 1. The summed E-state index contributed by atoms with van der Waals surface area (Å²) in [5, 5.41) is 15.5. The smallest absolute Gasteiger partial charge is 0.135 e. The minimum absolute atomic E-state index is 0.152. The fraction of sp³-hybridized carbons (Fsp3) is 0.533. The van der Waals surface area contributed by atoms with Crippen LogP contribution in [0.4, 0.5) is 0 Å². The van der Waals surface area contributed by atoms with Crippen LogP contribution in [0.15, 0.2) is 22.8 Å². The molecule has 1 aliphatic rings. The van der Waals surface area contributed by atoms with Gasteiger partial charge in [0, 0.05) is 17.6 Å². The molecular formula is C15H19BrN2O2. The van der Waals surface area contributed by atoms with Gasteiger partial charge in [0.25, 0.3) is 0 Å². The molecule has 0 amide bonds. The van der Waals surface area contributed by atoms with Crippen molar-refractivity contribution in [3.05, 3.63) is 22.8 Å². The number of aliphatic hydroxyl groups is 1. The van der Waals surface area contributed by atoms with E-state index < -0.39 is 0 Å². The number of nitrogens with zero attached hydrogens (tertiary/aromatic N) is 2. The van der Waals surface area contributed by atoms with Crippen LogP contribution in [0.25, 0.3) is 10.9 Å². The predicted octanol–water partition coefficient (Wildman–Crippen LogP) is 3.53. The van der Waals surface area contributed by atoms with E-state index in [1.165, 1.54) is 0 Å². The van der Waals surface area contributed by atoms with E-state index in [4.69, 9.17) is 9.84 Å². The molecule has 1 unspecified atom stereocenters. The Morgan fingerprint density at radius 1 is 1.40 bits per heavy atom. The molecule has 4 nitrogen and oxygen atoms in total.